The molecule has 2 N–H and O–H groups in total. The maximum Gasteiger partial charge on any atom is 0.226 e. The molecule has 2 heterocycles. The number of aromatic nitrogens is 1. The Morgan fingerprint density at radius 3 is 2.71 bits per heavy atom. The highest BCUT2D eigenvalue weighted by Gasteiger charge is 2.20. The van der Waals surface area contributed by atoms with Crippen molar-refractivity contribution in [2.75, 3.05) is 13.1 Å². The van der Waals surface area contributed by atoms with Gasteiger partial charge in [-0.1, -0.05) is 20.8 Å². The number of hydrogen-bond donors (Lipinski definition) is 2. The van der Waals surface area contributed by atoms with Crippen LogP contribution in [0, 0.1) is 0 Å². The molecule has 1 aromatic heterocycles. The van der Waals surface area contributed by atoms with E-state index in [4.69, 9.17) is 0 Å². The molecule has 122 valence electrons. The number of rotatable bonds is 3. The number of halogens is 2. The molecule has 4 nitrogen and oxygen atoms in total. The molecule has 1 atom stereocenters. The number of nitrogens with zero attached hydrogens (tertiary/aromatic N) is 1. The Bertz CT molecular complexity index is 440. The summed E-state index contributed by atoms with van der Waals surface area (Å²) in [6.07, 6.45) is 2.60. The first-order valence-corrected chi connectivity index (χ1v) is 7.78. The van der Waals surface area contributed by atoms with E-state index in [-0.39, 0.29) is 42.2 Å². The molecule has 0 aliphatic carbocycles. The fraction of sp³-hybridized carbons (Fsp3) is 0.714. The van der Waals surface area contributed by atoms with E-state index >= 15 is 0 Å². The topological polar surface area (TPSA) is 54.0 Å². The van der Waals surface area contributed by atoms with Crippen molar-refractivity contribution in [2.45, 2.75) is 51.5 Å². The third kappa shape index (κ3) is 6.51. The van der Waals surface area contributed by atoms with Gasteiger partial charge in [0, 0.05) is 23.4 Å². The Labute approximate surface area is 143 Å². The summed E-state index contributed by atoms with van der Waals surface area (Å²) in [7, 11) is 0. The van der Waals surface area contributed by atoms with Crippen LogP contribution in [0.25, 0.3) is 0 Å². The maximum atomic E-state index is 12.0. The normalized spacial score (nSPS) is 18.3. The molecule has 0 spiro atoms. The Balaban J connectivity index is 0.00000200. The monoisotopic (exact) mass is 353 g/mol. The first kappa shape index (κ1) is 20.6. The first-order valence-electron chi connectivity index (χ1n) is 6.90. The van der Waals surface area contributed by atoms with Gasteiger partial charge in [-0.25, -0.2) is 4.98 Å². The van der Waals surface area contributed by atoms with E-state index in [0.717, 1.165) is 36.6 Å². The minimum Gasteiger partial charge on any atom is -0.352 e. The number of amides is 1. The van der Waals surface area contributed by atoms with E-state index in [9.17, 15) is 4.79 Å². The van der Waals surface area contributed by atoms with Crippen LogP contribution in [0.5, 0.6) is 0 Å². The van der Waals surface area contributed by atoms with Gasteiger partial charge < -0.3 is 10.6 Å². The molecular formula is C14H25Cl2N3OS. The van der Waals surface area contributed by atoms with E-state index in [1.54, 1.807) is 11.3 Å². The van der Waals surface area contributed by atoms with Gasteiger partial charge in [-0.2, -0.15) is 0 Å². The molecule has 1 aliphatic heterocycles. The second-order valence-electron chi connectivity index (χ2n) is 6.18. The van der Waals surface area contributed by atoms with Gasteiger partial charge >= 0.3 is 0 Å². The smallest absolute Gasteiger partial charge is 0.226 e. The summed E-state index contributed by atoms with van der Waals surface area (Å²) in [5.41, 5.74) is 0.948. The largest absolute Gasteiger partial charge is 0.352 e. The lowest BCUT2D eigenvalue weighted by molar-refractivity contribution is -0.121. The van der Waals surface area contributed by atoms with E-state index in [0.29, 0.717) is 6.42 Å². The van der Waals surface area contributed by atoms with Gasteiger partial charge in [-0.05, 0) is 19.4 Å². The molecule has 0 bridgehead atoms. The summed E-state index contributed by atoms with van der Waals surface area (Å²) in [6.45, 7) is 8.37. The van der Waals surface area contributed by atoms with Crippen molar-refractivity contribution in [2.24, 2.45) is 0 Å². The number of hydrogen-bond acceptors (Lipinski definition) is 4. The molecule has 1 fully saturated rings. The maximum absolute atomic E-state index is 12.0. The lowest BCUT2D eigenvalue weighted by Gasteiger charge is -2.23. The zero-order valence-corrected chi connectivity index (χ0v) is 15.2. The second-order valence-corrected chi connectivity index (χ2v) is 7.04. The van der Waals surface area contributed by atoms with Crippen molar-refractivity contribution in [3.05, 3.63) is 16.1 Å². The van der Waals surface area contributed by atoms with Crippen LogP contribution in [0.4, 0.5) is 0 Å². The van der Waals surface area contributed by atoms with Crippen LogP contribution in [0.3, 0.4) is 0 Å². The molecule has 2 rings (SSSR count). The van der Waals surface area contributed by atoms with E-state index in [1.807, 2.05) is 5.38 Å². The Morgan fingerprint density at radius 1 is 1.48 bits per heavy atom. The van der Waals surface area contributed by atoms with E-state index in [1.165, 1.54) is 0 Å². The minimum atomic E-state index is 0. The number of thiazole rings is 1. The van der Waals surface area contributed by atoms with Gasteiger partial charge in [0.1, 0.15) is 0 Å². The van der Waals surface area contributed by atoms with Crippen molar-refractivity contribution < 1.29 is 4.79 Å². The number of nitrogens with one attached hydrogen (secondary N) is 2. The molecular weight excluding hydrogens is 329 g/mol. The predicted molar refractivity (Wildman–Crippen MR) is 93.0 cm³/mol. The average molecular weight is 354 g/mol. The van der Waals surface area contributed by atoms with Crippen molar-refractivity contribution in [1.82, 2.24) is 15.6 Å². The van der Waals surface area contributed by atoms with Crippen LogP contribution < -0.4 is 10.6 Å². The van der Waals surface area contributed by atoms with Crippen LogP contribution in [0.15, 0.2) is 5.38 Å². The fourth-order valence-corrected chi connectivity index (χ4v) is 3.06. The van der Waals surface area contributed by atoms with Crippen LogP contribution in [-0.4, -0.2) is 30.0 Å². The van der Waals surface area contributed by atoms with Crippen LogP contribution in [0.2, 0.25) is 0 Å². The number of piperidine rings is 1. The molecule has 1 amide bonds. The van der Waals surface area contributed by atoms with Crippen LogP contribution in [0.1, 0.15) is 44.3 Å². The molecule has 1 saturated heterocycles. The Kier molecular flexibility index (Phi) is 8.78. The average Bonchev–Trinajstić information content (AvgIpc) is 2.78. The molecule has 0 saturated carbocycles. The molecule has 0 aromatic carbocycles. The quantitative estimate of drug-likeness (QED) is 0.878. The Morgan fingerprint density at radius 2 is 2.19 bits per heavy atom. The minimum absolute atomic E-state index is 0. The van der Waals surface area contributed by atoms with Gasteiger partial charge in [0.15, 0.2) is 0 Å². The Hall–Kier alpha value is -0.360. The summed E-state index contributed by atoms with van der Waals surface area (Å²) >= 11 is 1.64. The number of carbonyl (C=O) groups is 1. The van der Waals surface area contributed by atoms with Crippen molar-refractivity contribution in [3.8, 4) is 0 Å². The zero-order valence-electron chi connectivity index (χ0n) is 12.8. The molecule has 0 unspecified atom stereocenters. The molecule has 7 heteroatoms. The van der Waals surface area contributed by atoms with E-state index in [2.05, 4.69) is 36.4 Å². The van der Waals surface area contributed by atoms with Gasteiger partial charge in [-0.15, -0.1) is 36.2 Å². The SMILES string of the molecule is CC(C)(C)c1nc(CC(=O)N[C@H]2CCCNC2)cs1.Cl.Cl. The van der Waals surface area contributed by atoms with Gasteiger partial charge in [0.05, 0.1) is 17.1 Å². The lowest BCUT2D eigenvalue weighted by Crippen LogP contribution is -2.46. The van der Waals surface area contributed by atoms with Gasteiger partial charge in [0.2, 0.25) is 5.91 Å². The first-order chi connectivity index (χ1) is 8.95. The highest BCUT2D eigenvalue weighted by atomic mass is 35.5. The zero-order chi connectivity index (χ0) is 13.9. The van der Waals surface area contributed by atoms with Crippen LogP contribution >= 0.6 is 36.2 Å². The third-order valence-corrected chi connectivity index (χ3v) is 4.51. The predicted octanol–water partition coefficient (Wildman–Crippen LogP) is 2.69. The van der Waals surface area contributed by atoms with Crippen molar-refractivity contribution in [1.29, 1.82) is 0 Å². The molecule has 1 aliphatic rings. The van der Waals surface area contributed by atoms with E-state index < -0.39 is 0 Å². The molecule has 0 radical (unpaired) electrons. The summed E-state index contributed by atoms with van der Waals surface area (Å²) in [5, 5.41) is 9.47. The fourth-order valence-electron chi connectivity index (χ4n) is 2.15. The third-order valence-electron chi connectivity index (χ3n) is 3.20. The number of carbonyl (C=O) groups excluding carboxylic acids is 1. The van der Waals surface area contributed by atoms with Crippen molar-refractivity contribution in [3.63, 3.8) is 0 Å². The lowest BCUT2D eigenvalue weighted by atomic mass is 9.98. The highest BCUT2D eigenvalue weighted by Crippen LogP contribution is 2.25. The standard InChI is InChI=1S/C14H23N3OS.2ClH/c1-14(2,3)13-17-11(9-19-13)7-12(18)16-10-5-4-6-15-8-10;;/h9-10,15H,4-8H2,1-3H3,(H,16,18);2*1H/t10-;;/m0../s1. The van der Waals surface area contributed by atoms with Gasteiger partial charge in [0.25, 0.3) is 0 Å². The van der Waals surface area contributed by atoms with Crippen molar-refractivity contribution >= 4 is 42.1 Å². The second kappa shape index (κ2) is 8.93. The summed E-state index contributed by atoms with van der Waals surface area (Å²) in [4.78, 5) is 16.5. The summed E-state index contributed by atoms with van der Waals surface area (Å²) in [6, 6.07) is 0.280. The van der Waals surface area contributed by atoms with Crippen LogP contribution in [-0.2, 0) is 16.6 Å². The molecule has 1 aromatic rings. The highest BCUT2D eigenvalue weighted by molar-refractivity contribution is 7.09. The summed E-state index contributed by atoms with van der Waals surface area (Å²) in [5.74, 6) is 0.0828. The molecule has 21 heavy (non-hydrogen) atoms. The van der Waals surface area contributed by atoms with Gasteiger partial charge in [-0.3, -0.25) is 4.79 Å². The summed E-state index contributed by atoms with van der Waals surface area (Å²) < 4.78 is 0.